The number of carbonyl (C=O) groups excluding carboxylic acids is 2. The predicted octanol–water partition coefficient (Wildman–Crippen LogP) is 4.58. The van der Waals surface area contributed by atoms with Crippen LogP contribution in [0.1, 0.15) is 63.9 Å². The molecular weight excluding hydrogens is 292 g/mol. The topological polar surface area (TPSA) is 52.6 Å². The summed E-state index contributed by atoms with van der Waals surface area (Å²) in [5.41, 5.74) is 0.803. The van der Waals surface area contributed by atoms with E-state index in [1.54, 1.807) is 12.1 Å². The van der Waals surface area contributed by atoms with Gasteiger partial charge >= 0.3 is 11.9 Å². The third kappa shape index (κ3) is 8.38. The maximum absolute atomic E-state index is 11.6. The van der Waals surface area contributed by atoms with Crippen LogP contribution in [0.4, 0.5) is 0 Å². The van der Waals surface area contributed by atoms with Gasteiger partial charge < -0.3 is 9.47 Å². The van der Waals surface area contributed by atoms with E-state index in [4.69, 9.17) is 9.47 Å². The van der Waals surface area contributed by atoms with Gasteiger partial charge in [-0.3, -0.25) is 0 Å². The summed E-state index contributed by atoms with van der Waals surface area (Å²) in [6, 6.07) is 7.06. The summed E-state index contributed by atoms with van der Waals surface area (Å²) in [7, 11) is 0. The fourth-order valence-electron chi connectivity index (χ4n) is 2.27. The van der Waals surface area contributed by atoms with Crippen molar-refractivity contribution in [3.63, 3.8) is 0 Å². The summed E-state index contributed by atoms with van der Waals surface area (Å²) >= 11 is 0. The first-order valence-corrected chi connectivity index (χ1v) is 8.59. The Morgan fingerprint density at radius 2 is 1.48 bits per heavy atom. The van der Waals surface area contributed by atoms with E-state index in [-0.39, 0.29) is 6.61 Å². The lowest BCUT2D eigenvalue weighted by Crippen LogP contribution is -2.23. The normalized spacial score (nSPS) is 10.3. The van der Waals surface area contributed by atoms with Crippen LogP contribution in [0.5, 0.6) is 5.75 Å². The fourth-order valence-corrected chi connectivity index (χ4v) is 2.27. The SMILES string of the molecule is CCCCCCCCCCOC(=O)C(=O)Oc1ccccc1C. The summed E-state index contributed by atoms with van der Waals surface area (Å²) in [6.07, 6.45) is 9.32. The monoisotopic (exact) mass is 320 g/mol. The highest BCUT2D eigenvalue weighted by molar-refractivity contribution is 6.30. The Labute approximate surface area is 139 Å². The third-order valence-electron chi connectivity index (χ3n) is 3.69. The maximum atomic E-state index is 11.6. The van der Waals surface area contributed by atoms with Crippen LogP contribution in [0, 0.1) is 6.92 Å². The maximum Gasteiger partial charge on any atom is 0.422 e. The first kappa shape index (κ1) is 19.2. The molecule has 4 nitrogen and oxygen atoms in total. The van der Waals surface area contributed by atoms with Gasteiger partial charge in [0.15, 0.2) is 0 Å². The predicted molar refractivity (Wildman–Crippen MR) is 90.4 cm³/mol. The van der Waals surface area contributed by atoms with Crippen LogP contribution in [0.25, 0.3) is 0 Å². The number of hydrogen-bond acceptors (Lipinski definition) is 4. The van der Waals surface area contributed by atoms with E-state index in [9.17, 15) is 9.59 Å². The molecule has 0 N–H and O–H groups in total. The van der Waals surface area contributed by atoms with E-state index in [1.807, 2.05) is 19.1 Å². The number of esters is 2. The number of rotatable bonds is 10. The highest BCUT2D eigenvalue weighted by atomic mass is 16.6. The van der Waals surface area contributed by atoms with Crippen LogP contribution in [-0.4, -0.2) is 18.5 Å². The van der Waals surface area contributed by atoms with Crippen LogP contribution in [0.2, 0.25) is 0 Å². The van der Waals surface area contributed by atoms with Gasteiger partial charge in [0.2, 0.25) is 0 Å². The summed E-state index contributed by atoms with van der Waals surface area (Å²) in [4.78, 5) is 23.2. The molecule has 0 saturated heterocycles. The van der Waals surface area contributed by atoms with E-state index in [0.717, 1.165) is 24.8 Å². The van der Waals surface area contributed by atoms with E-state index in [0.29, 0.717) is 5.75 Å². The number of carbonyl (C=O) groups is 2. The van der Waals surface area contributed by atoms with Crippen molar-refractivity contribution < 1.29 is 19.1 Å². The largest absolute Gasteiger partial charge is 0.457 e. The second-order valence-electron chi connectivity index (χ2n) is 5.77. The number of benzene rings is 1. The second-order valence-corrected chi connectivity index (χ2v) is 5.77. The van der Waals surface area contributed by atoms with Gasteiger partial charge in [0.25, 0.3) is 0 Å². The summed E-state index contributed by atoms with van der Waals surface area (Å²) in [5, 5.41) is 0. The molecule has 0 saturated carbocycles. The molecule has 0 heterocycles. The van der Waals surface area contributed by atoms with Gasteiger partial charge in [-0.2, -0.15) is 0 Å². The second kappa shape index (κ2) is 11.7. The lowest BCUT2D eigenvalue weighted by atomic mass is 10.1. The average molecular weight is 320 g/mol. The molecule has 0 bridgehead atoms. The molecular formula is C19H28O4. The zero-order valence-corrected chi connectivity index (χ0v) is 14.3. The Morgan fingerprint density at radius 1 is 0.870 bits per heavy atom. The van der Waals surface area contributed by atoms with Crippen LogP contribution < -0.4 is 4.74 Å². The first-order valence-electron chi connectivity index (χ1n) is 8.59. The molecule has 0 aliphatic rings. The lowest BCUT2D eigenvalue weighted by Gasteiger charge is -2.07. The minimum absolute atomic E-state index is 0.274. The third-order valence-corrected chi connectivity index (χ3v) is 3.69. The van der Waals surface area contributed by atoms with Gasteiger partial charge in [-0.15, -0.1) is 0 Å². The molecule has 0 unspecified atom stereocenters. The van der Waals surface area contributed by atoms with E-state index in [1.165, 1.54) is 32.1 Å². The van der Waals surface area contributed by atoms with Crippen LogP contribution in [-0.2, 0) is 14.3 Å². The molecule has 0 fully saturated rings. The van der Waals surface area contributed by atoms with Crippen molar-refractivity contribution in [2.45, 2.75) is 65.2 Å². The number of hydrogen-bond donors (Lipinski definition) is 0. The molecule has 0 amide bonds. The Balaban J connectivity index is 2.10. The Kier molecular flexibility index (Phi) is 9.76. The van der Waals surface area contributed by atoms with Gasteiger partial charge in [0.1, 0.15) is 5.75 Å². The van der Waals surface area contributed by atoms with E-state index < -0.39 is 11.9 Å². The molecule has 0 spiro atoms. The zero-order chi connectivity index (χ0) is 16.9. The molecule has 0 atom stereocenters. The number of para-hydroxylation sites is 1. The Bertz CT molecular complexity index is 482. The van der Waals surface area contributed by atoms with Crippen molar-refractivity contribution in [3.8, 4) is 5.75 Å². The molecule has 0 aliphatic heterocycles. The highest BCUT2D eigenvalue weighted by Crippen LogP contribution is 2.16. The van der Waals surface area contributed by atoms with Gasteiger partial charge in [-0.25, -0.2) is 9.59 Å². The van der Waals surface area contributed by atoms with E-state index in [2.05, 4.69) is 6.92 Å². The fraction of sp³-hybridized carbons (Fsp3) is 0.579. The molecule has 0 aromatic heterocycles. The van der Waals surface area contributed by atoms with Gasteiger partial charge in [-0.05, 0) is 25.0 Å². The summed E-state index contributed by atoms with van der Waals surface area (Å²) in [6.45, 7) is 4.30. The van der Waals surface area contributed by atoms with Crippen molar-refractivity contribution in [2.75, 3.05) is 6.61 Å². The molecule has 1 aromatic carbocycles. The summed E-state index contributed by atoms with van der Waals surface area (Å²) < 4.78 is 9.97. The van der Waals surface area contributed by atoms with E-state index >= 15 is 0 Å². The minimum Gasteiger partial charge on any atom is -0.457 e. The average Bonchev–Trinajstić information content (AvgIpc) is 2.55. The summed E-state index contributed by atoms with van der Waals surface area (Å²) in [5.74, 6) is -1.49. The van der Waals surface area contributed by atoms with Crippen molar-refractivity contribution in [1.29, 1.82) is 0 Å². The molecule has 23 heavy (non-hydrogen) atoms. The van der Waals surface area contributed by atoms with Crippen molar-refractivity contribution in [3.05, 3.63) is 29.8 Å². The first-order chi connectivity index (χ1) is 11.1. The number of unbranched alkanes of at least 4 members (excludes halogenated alkanes) is 7. The molecule has 0 radical (unpaired) electrons. The van der Waals surface area contributed by atoms with Crippen molar-refractivity contribution in [2.24, 2.45) is 0 Å². The molecule has 0 aliphatic carbocycles. The molecule has 1 aromatic rings. The van der Waals surface area contributed by atoms with Crippen LogP contribution in [0.3, 0.4) is 0 Å². The smallest absolute Gasteiger partial charge is 0.422 e. The quantitative estimate of drug-likeness (QED) is 0.274. The van der Waals surface area contributed by atoms with Gasteiger partial charge in [-0.1, -0.05) is 70.1 Å². The van der Waals surface area contributed by atoms with Gasteiger partial charge in [0.05, 0.1) is 6.61 Å². The lowest BCUT2D eigenvalue weighted by molar-refractivity contribution is -0.162. The van der Waals surface area contributed by atoms with Crippen molar-refractivity contribution >= 4 is 11.9 Å². The standard InChI is InChI=1S/C19H28O4/c1-3-4-5-6-7-8-9-12-15-22-18(20)19(21)23-17-14-11-10-13-16(17)2/h10-11,13-14H,3-9,12,15H2,1-2H3. The highest BCUT2D eigenvalue weighted by Gasteiger charge is 2.18. The molecule has 1 rings (SSSR count). The van der Waals surface area contributed by atoms with Crippen LogP contribution in [0.15, 0.2) is 24.3 Å². The van der Waals surface area contributed by atoms with Gasteiger partial charge in [0, 0.05) is 0 Å². The Morgan fingerprint density at radius 3 is 2.13 bits per heavy atom. The number of ether oxygens (including phenoxy) is 2. The molecule has 128 valence electrons. The van der Waals surface area contributed by atoms with Crippen LogP contribution >= 0.6 is 0 Å². The zero-order valence-electron chi connectivity index (χ0n) is 14.3. The molecule has 4 heteroatoms. The Hall–Kier alpha value is -1.84. The van der Waals surface area contributed by atoms with Crippen molar-refractivity contribution in [1.82, 2.24) is 0 Å². The minimum atomic E-state index is -0.959. The number of aryl methyl sites for hydroxylation is 1.